The smallest absolute Gasteiger partial charge is 0.244 e. The van der Waals surface area contributed by atoms with Crippen LogP contribution in [0, 0.1) is 0 Å². The minimum absolute atomic E-state index is 0.0243. The predicted molar refractivity (Wildman–Crippen MR) is 104 cm³/mol. The fraction of sp³-hybridized carbons (Fsp3) is 0.375. The molecule has 2 aromatic rings. The van der Waals surface area contributed by atoms with E-state index >= 15 is 0 Å². The highest BCUT2D eigenvalue weighted by Crippen LogP contribution is 2.24. The Hall–Kier alpha value is -2.33. The fourth-order valence-corrected chi connectivity index (χ4v) is 3.71. The molecule has 0 unspecified atom stereocenters. The van der Waals surface area contributed by atoms with Gasteiger partial charge in [-0.25, -0.2) is 0 Å². The van der Waals surface area contributed by atoms with Crippen molar-refractivity contribution in [3.63, 3.8) is 0 Å². The normalized spacial score (nSPS) is 10.4. The molecule has 140 valence electrons. The Morgan fingerprint density at radius 3 is 2.77 bits per heavy atom. The van der Waals surface area contributed by atoms with Gasteiger partial charge in [-0.15, -0.1) is 10.2 Å². The number of nitrogens with one attached hydrogen (secondary N) is 1. The molecule has 1 aromatic heterocycles. The van der Waals surface area contributed by atoms with Crippen LogP contribution in [-0.4, -0.2) is 52.9 Å². The lowest BCUT2D eigenvalue weighted by Gasteiger charge is -2.21. The molecular formula is C16H21N5O3S2. The number of benzene rings is 1. The van der Waals surface area contributed by atoms with Gasteiger partial charge in [-0.05, 0) is 18.6 Å². The molecule has 0 saturated heterocycles. The first-order chi connectivity index (χ1) is 12.5. The highest BCUT2D eigenvalue weighted by Gasteiger charge is 2.18. The Morgan fingerprint density at radius 2 is 2.12 bits per heavy atom. The molecule has 0 spiro atoms. The summed E-state index contributed by atoms with van der Waals surface area (Å²) in [5, 5.41) is 10.7. The fourth-order valence-electron chi connectivity index (χ4n) is 2.17. The van der Waals surface area contributed by atoms with E-state index in [0.717, 1.165) is 6.42 Å². The SMILES string of the molecule is CCCN(CC(=O)Nc1ccccc1OC)C(=O)CSc1nnc(N)s1. The number of nitrogens with two attached hydrogens (primary N) is 1. The number of aromatic nitrogens is 2. The molecule has 0 saturated carbocycles. The zero-order valence-corrected chi connectivity index (χ0v) is 16.2. The Balaban J connectivity index is 1.93. The molecule has 10 heteroatoms. The Morgan fingerprint density at radius 1 is 1.35 bits per heavy atom. The van der Waals surface area contributed by atoms with Crippen LogP contribution in [0.1, 0.15) is 13.3 Å². The van der Waals surface area contributed by atoms with Crippen LogP contribution in [0.25, 0.3) is 0 Å². The number of ether oxygens (including phenoxy) is 1. The maximum Gasteiger partial charge on any atom is 0.244 e. The molecular weight excluding hydrogens is 374 g/mol. The van der Waals surface area contributed by atoms with Crippen LogP contribution < -0.4 is 15.8 Å². The molecule has 0 radical (unpaired) electrons. The van der Waals surface area contributed by atoms with Gasteiger partial charge >= 0.3 is 0 Å². The molecule has 0 fully saturated rings. The number of hydrogen-bond donors (Lipinski definition) is 2. The number of thioether (sulfide) groups is 1. The van der Waals surface area contributed by atoms with E-state index < -0.39 is 0 Å². The van der Waals surface area contributed by atoms with E-state index in [0.29, 0.717) is 27.5 Å². The third kappa shape index (κ3) is 5.88. The van der Waals surface area contributed by atoms with Crippen molar-refractivity contribution < 1.29 is 14.3 Å². The average molecular weight is 396 g/mol. The summed E-state index contributed by atoms with van der Waals surface area (Å²) >= 11 is 2.49. The van der Waals surface area contributed by atoms with Crippen LogP contribution in [-0.2, 0) is 9.59 Å². The number of rotatable bonds is 9. The largest absolute Gasteiger partial charge is 0.495 e. The van der Waals surface area contributed by atoms with E-state index in [1.54, 1.807) is 18.2 Å². The first-order valence-corrected chi connectivity index (χ1v) is 9.76. The molecule has 0 aliphatic heterocycles. The second kappa shape index (κ2) is 9.97. The van der Waals surface area contributed by atoms with Crippen molar-refractivity contribution in [2.75, 3.05) is 37.0 Å². The van der Waals surface area contributed by atoms with Gasteiger partial charge in [0.05, 0.1) is 25.1 Å². The van der Waals surface area contributed by atoms with Gasteiger partial charge in [-0.3, -0.25) is 9.59 Å². The van der Waals surface area contributed by atoms with Gasteiger partial charge in [0.15, 0.2) is 4.34 Å². The summed E-state index contributed by atoms with van der Waals surface area (Å²) in [5.74, 6) is 0.331. The Bertz CT molecular complexity index is 753. The molecule has 8 nitrogen and oxygen atoms in total. The van der Waals surface area contributed by atoms with E-state index in [4.69, 9.17) is 10.5 Å². The van der Waals surface area contributed by atoms with Crippen molar-refractivity contribution in [1.82, 2.24) is 15.1 Å². The lowest BCUT2D eigenvalue weighted by atomic mass is 10.3. The van der Waals surface area contributed by atoms with E-state index in [9.17, 15) is 9.59 Å². The molecule has 1 aromatic carbocycles. The predicted octanol–water partition coefficient (Wildman–Crippen LogP) is 2.10. The molecule has 2 rings (SSSR count). The number of carbonyl (C=O) groups is 2. The van der Waals surface area contributed by atoms with Crippen LogP contribution >= 0.6 is 23.1 Å². The zero-order chi connectivity index (χ0) is 18.9. The van der Waals surface area contributed by atoms with Crippen LogP contribution in [0.15, 0.2) is 28.6 Å². The van der Waals surface area contributed by atoms with Gasteiger partial charge in [0.1, 0.15) is 5.75 Å². The minimum Gasteiger partial charge on any atom is -0.495 e. The van der Waals surface area contributed by atoms with Gasteiger partial charge in [0, 0.05) is 6.54 Å². The van der Waals surface area contributed by atoms with Gasteiger partial charge in [0.2, 0.25) is 16.9 Å². The molecule has 1 heterocycles. The molecule has 0 aliphatic carbocycles. The quantitative estimate of drug-likeness (QED) is 0.626. The standard InChI is InChI=1S/C16H21N5O3S2/c1-3-8-21(14(23)10-25-16-20-19-15(17)26-16)9-13(22)18-11-6-4-5-7-12(11)24-2/h4-7H,3,8-10H2,1-2H3,(H2,17,19)(H,18,22). The Labute approximate surface area is 160 Å². The number of hydrogen-bond acceptors (Lipinski definition) is 8. The molecule has 0 bridgehead atoms. The third-order valence-corrected chi connectivity index (χ3v) is 5.17. The number of amides is 2. The van der Waals surface area contributed by atoms with Crippen molar-refractivity contribution in [2.24, 2.45) is 0 Å². The maximum atomic E-state index is 12.4. The van der Waals surface area contributed by atoms with Crippen molar-refractivity contribution >= 4 is 45.7 Å². The van der Waals surface area contributed by atoms with Crippen LogP contribution in [0.2, 0.25) is 0 Å². The minimum atomic E-state index is -0.276. The summed E-state index contributed by atoms with van der Waals surface area (Å²) in [6.45, 7) is 2.43. The molecule has 0 aliphatic rings. The molecule has 26 heavy (non-hydrogen) atoms. The maximum absolute atomic E-state index is 12.4. The highest BCUT2D eigenvalue weighted by molar-refractivity contribution is 8.01. The van der Waals surface area contributed by atoms with E-state index in [1.165, 1.54) is 35.1 Å². The van der Waals surface area contributed by atoms with Gasteiger partial charge in [-0.2, -0.15) is 0 Å². The van der Waals surface area contributed by atoms with Gasteiger partial charge in [-0.1, -0.05) is 42.2 Å². The topological polar surface area (TPSA) is 110 Å². The average Bonchev–Trinajstić information content (AvgIpc) is 3.05. The summed E-state index contributed by atoms with van der Waals surface area (Å²) in [4.78, 5) is 26.3. The summed E-state index contributed by atoms with van der Waals surface area (Å²) < 4.78 is 5.85. The number of anilines is 2. The van der Waals surface area contributed by atoms with E-state index in [-0.39, 0.29) is 24.1 Å². The lowest BCUT2D eigenvalue weighted by molar-refractivity contribution is -0.132. The van der Waals surface area contributed by atoms with Gasteiger partial charge < -0.3 is 20.7 Å². The van der Waals surface area contributed by atoms with Crippen LogP contribution in [0.3, 0.4) is 0 Å². The second-order valence-corrected chi connectivity index (χ2v) is 7.49. The lowest BCUT2D eigenvalue weighted by Crippen LogP contribution is -2.39. The van der Waals surface area contributed by atoms with E-state index in [2.05, 4.69) is 15.5 Å². The first kappa shape index (κ1) is 20.0. The second-order valence-electron chi connectivity index (χ2n) is 5.26. The van der Waals surface area contributed by atoms with Crippen molar-refractivity contribution in [2.45, 2.75) is 17.7 Å². The number of para-hydroxylation sites is 2. The number of carbonyl (C=O) groups excluding carboxylic acids is 2. The number of nitrogens with zero attached hydrogens (tertiary/aromatic N) is 3. The number of methoxy groups -OCH3 is 1. The van der Waals surface area contributed by atoms with Crippen molar-refractivity contribution in [3.05, 3.63) is 24.3 Å². The summed E-state index contributed by atoms with van der Waals surface area (Å²) in [6.07, 6.45) is 0.754. The van der Waals surface area contributed by atoms with E-state index in [1.807, 2.05) is 13.0 Å². The van der Waals surface area contributed by atoms with Gasteiger partial charge in [0.25, 0.3) is 0 Å². The third-order valence-electron chi connectivity index (χ3n) is 3.30. The monoisotopic (exact) mass is 395 g/mol. The number of nitrogen functional groups attached to an aromatic ring is 1. The summed E-state index contributed by atoms with van der Waals surface area (Å²) in [5.41, 5.74) is 6.10. The van der Waals surface area contributed by atoms with Crippen molar-refractivity contribution in [1.29, 1.82) is 0 Å². The first-order valence-electron chi connectivity index (χ1n) is 7.96. The van der Waals surface area contributed by atoms with Crippen LogP contribution in [0.5, 0.6) is 5.75 Å². The molecule has 2 amide bonds. The zero-order valence-electron chi connectivity index (χ0n) is 14.6. The Kier molecular flexibility index (Phi) is 7.67. The summed E-state index contributed by atoms with van der Waals surface area (Å²) in [6, 6.07) is 7.13. The van der Waals surface area contributed by atoms with Crippen LogP contribution in [0.4, 0.5) is 10.8 Å². The molecule has 3 N–H and O–H groups in total. The highest BCUT2D eigenvalue weighted by atomic mass is 32.2. The van der Waals surface area contributed by atoms with Crippen molar-refractivity contribution in [3.8, 4) is 5.75 Å². The molecule has 0 atom stereocenters. The summed E-state index contributed by atoms with van der Waals surface area (Å²) in [7, 11) is 1.54.